The molecular weight excluding hydrogens is 440 g/mol. The number of carbonyl (C=O) groups is 3. The first-order valence-corrected chi connectivity index (χ1v) is 11.5. The van der Waals surface area contributed by atoms with E-state index in [0.29, 0.717) is 24.4 Å². The maximum absolute atomic E-state index is 13.2. The summed E-state index contributed by atoms with van der Waals surface area (Å²) in [5.74, 6) is -1.14. The Bertz CT molecular complexity index is 976. The van der Waals surface area contributed by atoms with Crippen LogP contribution < -0.4 is 5.32 Å². The van der Waals surface area contributed by atoms with E-state index in [0.717, 1.165) is 11.1 Å². The second kappa shape index (κ2) is 12.2. The summed E-state index contributed by atoms with van der Waals surface area (Å²) in [4.78, 5) is 39.7. The van der Waals surface area contributed by atoms with E-state index in [-0.39, 0.29) is 37.2 Å². The molecule has 2 aromatic rings. The number of rotatable bonds is 5. The number of benzene rings is 2. The molecule has 2 amide bonds. The molecule has 0 aromatic heterocycles. The summed E-state index contributed by atoms with van der Waals surface area (Å²) in [5, 5.41) is 3.52. The molecule has 7 heteroatoms. The molecule has 1 N–H and O–H groups in total. The molecule has 33 heavy (non-hydrogen) atoms. The van der Waals surface area contributed by atoms with Gasteiger partial charge in [-0.2, -0.15) is 0 Å². The van der Waals surface area contributed by atoms with E-state index in [2.05, 4.69) is 5.32 Å². The van der Waals surface area contributed by atoms with E-state index in [9.17, 15) is 14.4 Å². The van der Waals surface area contributed by atoms with Gasteiger partial charge in [0.05, 0.1) is 12.5 Å². The van der Waals surface area contributed by atoms with Crippen LogP contribution in [0.3, 0.4) is 0 Å². The number of esters is 1. The molecule has 0 bridgehead atoms. The Kier molecular flexibility index (Phi) is 9.07. The lowest BCUT2D eigenvalue weighted by atomic mass is 9.97. The van der Waals surface area contributed by atoms with Crippen LogP contribution in [0, 0.1) is 5.92 Å². The SMILES string of the molecule is CN1C[C@@H](c2ccccc2)OC(=O)CC/C=C/C[C@@H](CC(=O)NCc2ccc(Cl)cc2)C1=O. The van der Waals surface area contributed by atoms with Crippen LogP contribution in [-0.2, 0) is 25.7 Å². The van der Waals surface area contributed by atoms with E-state index < -0.39 is 12.0 Å². The van der Waals surface area contributed by atoms with E-state index in [4.69, 9.17) is 16.3 Å². The van der Waals surface area contributed by atoms with Gasteiger partial charge in [0.25, 0.3) is 0 Å². The van der Waals surface area contributed by atoms with Crippen molar-refractivity contribution in [2.75, 3.05) is 13.6 Å². The molecule has 6 nitrogen and oxygen atoms in total. The molecular formula is C26H29ClN2O4. The maximum atomic E-state index is 13.2. The Hall–Kier alpha value is -3.12. The van der Waals surface area contributed by atoms with Crippen LogP contribution in [0.25, 0.3) is 0 Å². The molecule has 2 aromatic carbocycles. The summed E-state index contributed by atoms with van der Waals surface area (Å²) in [6.07, 6.45) is 4.48. The Morgan fingerprint density at radius 1 is 1.09 bits per heavy atom. The smallest absolute Gasteiger partial charge is 0.306 e. The maximum Gasteiger partial charge on any atom is 0.306 e. The summed E-state index contributed by atoms with van der Waals surface area (Å²) in [5.41, 5.74) is 1.76. The van der Waals surface area contributed by atoms with Gasteiger partial charge in [-0.1, -0.05) is 66.2 Å². The molecule has 1 aliphatic heterocycles. The van der Waals surface area contributed by atoms with Gasteiger partial charge >= 0.3 is 5.97 Å². The van der Waals surface area contributed by atoms with Gasteiger partial charge in [-0.25, -0.2) is 0 Å². The highest BCUT2D eigenvalue weighted by atomic mass is 35.5. The third-order valence-corrected chi connectivity index (χ3v) is 5.80. The number of likely N-dealkylation sites (N-methyl/N-ethyl adjacent to an activating group) is 1. The monoisotopic (exact) mass is 468 g/mol. The van der Waals surface area contributed by atoms with Gasteiger partial charge in [0, 0.05) is 31.5 Å². The van der Waals surface area contributed by atoms with Crippen molar-refractivity contribution in [3.05, 3.63) is 82.9 Å². The molecule has 0 fully saturated rings. The molecule has 0 radical (unpaired) electrons. The molecule has 0 saturated carbocycles. The number of halogens is 1. The second-order valence-corrected chi connectivity index (χ2v) is 8.59. The lowest BCUT2D eigenvalue weighted by Gasteiger charge is -2.28. The normalized spacial score (nSPS) is 20.8. The van der Waals surface area contributed by atoms with Crippen molar-refractivity contribution in [1.82, 2.24) is 10.2 Å². The first-order valence-electron chi connectivity index (χ1n) is 11.1. The lowest BCUT2D eigenvalue weighted by molar-refractivity contribution is -0.152. The number of allylic oxidation sites excluding steroid dienone is 2. The summed E-state index contributed by atoms with van der Waals surface area (Å²) >= 11 is 5.90. The molecule has 0 aliphatic carbocycles. The first-order chi connectivity index (χ1) is 15.9. The van der Waals surface area contributed by atoms with Crippen LogP contribution >= 0.6 is 11.6 Å². The first kappa shape index (κ1) is 24.5. The standard InChI is InChI=1S/C26H29ClN2O4/c1-29-18-23(20-8-4-2-5-9-20)33-25(31)11-7-3-6-10-21(26(29)32)16-24(30)28-17-19-12-14-22(27)15-13-19/h2-6,8-9,12-15,21,23H,7,10-11,16-18H2,1H3,(H,28,30)/b6-3+/t21-,23-/m0/s1. The van der Waals surface area contributed by atoms with Crippen molar-refractivity contribution >= 4 is 29.4 Å². The van der Waals surface area contributed by atoms with Crippen LogP contribution in [0.2, 0.25) is 5.02 Å². The zero-order valence-electron chi connectivity index (χ0n) is 18.7. The number of nitrogens with zero attached hydrogens (tertiary/aromatic N) is 1. The molecule has 3 rings (SSSR count). The minimum Gasteiger partial charge on any atom is -0.456 e. The fourth-order valence-corrected chi connectivity index (χ4v) is 3.82. The summed E-state index contributed by atoms with van der Waals surface area (Å²) in [6, 6.07) is 16.6. The predicted molar refractivity (Wildman–Crippen MR) is 127 cm³/mol. The number of hydrogen-bond acceptors (Lipinski definition) is 4. The number of ether oxygens (including phenoxy) is 1. The Balaban J connectivity index is 1.68. The largest absolute Gasteiger partial charge is 0.456 e. The molecule has 0 unspecified atom stereocenters. The van der Waals surface area contributed by atoms with Crippen LogP contribution in [0.1, 0.15) is 42.9 Å². The summed E-state index contributed by atoms with van der Waals surface area (Å²) in [7, 11) is 1.68. The molecule has 174 valence electrons. The van der Waals surface area contributed by atoms with Gasteiger partial charge in [-0.15, -0.1) is 0 Å². The van der Waals surface area contributed by atoms with Gasteiger partial charge in [0.15, 0.2) is 0 Å². The third kappa shape index (κ3) is 7.75. The van der Waals surface area contributed by atoms with Crippen LogP contribution in [0.15, 0.2) is 66.7 Å². The van der Waals surface area contributed by atoms with Gasteiger partial charge in [0.1, 0.15) is 6.10 Å². The van der Waals surface area contributed by atoms with Crippen molar-refractivity contribution in [3.8, 4) is 0 Å². The van der Waals surface area contributed by atoms with E-state index in [1.807, 2.05) is 54.6 Å². The number of carbonyl (C=O) groups excluding carboxylic acids is 3. The van der Waals surface area contributed by atoms with Crippen molar-refractivity contribution in [2.45, 2.75) is 38.3 Å². The Morgan fingerprint density at radius 2 is 1.82 bits per heavy atom. The average molecular weight is 469 g/mol. The quantitative estimate of drug-likeness (QED) is 0.519. The fourth-order valence-electron chi connectivity index (χ4n) is 3.70. The number of hydrogen-bond donors (Lipinski definition) is 1. The summed E-state index contributed by atoms with van der Waals surface area (Å²) < 4.78 is 5.68. The minimum atomic E-state index is -0.560. The Morgan fingerprint density at radius 3 is 2.55 bits per heavy atom. The fraction of sp³-hybridized carbons (Fsp3) is 0.346. The number of amides is 2. The van der Waals surface area contributed by atoms with Gasteiger partial charge in [-0.3, -0.25) is 14.4 Å². The lowest BCUT2D eigenvalue weighted by Crippen LogP contribution is -2.39. The molecule has 0 saturated heterocycles. The highest BCUT2D eigenvalue weighted by Gasteiger charge is 2.27. The van der Waals surface area contributed by atoms with E-state index in [1.54, 1.807) is 24.1 Å². The molecule has 1 heterocycles. The number of cyclic esters (lactones) is 1. The van der Waals surface area contributed by atoms with Crippen LogP contribution in [-0.4, -0.2) is 36.3 Å². The third-order valence-electron chi connectivity index (χ3n) is 5.55. The van der Waals surface area contributed by atoms with Crippen LogP contribution in [0.4, 0.5) is 0 Å². The highest BCUT2D eigenvalue weighted by molar-refractivity contribution is 6.30. The predicted octanol–water partition coefficient (Wildman–Crippen LogP) is 4.45. The zero-order valence-corrected chi connectivity index (χ0v) is 19.5. The summed E-state index contributed by atoms with van der Waals surface area (Å²) in [6.45, 7) is 0.593. The molecule has 1 aliphatic rings. The van der Waals surface area contributed by atoms with Crippen molar-refractivity contribution in [3.63, 3.8) is 0 Å². The Labute approximate surface area is 199 Å². The molecule has 0 spiro atoms. The van der Waals surface area contributed by atoms with Gasteiger partial charge in [0.2, 0.25) is 11.8 Å². The van der Waals surface area contributed by atoms with E-state index >= 15 is 0 Å². The highest BCUT2D eigenvalue weighted by Crippen LogP contribution is 2.23. The minimum absolute atomic E-state index is 0.0803. The van der Waals surface area contributed by atoms with E-state index in [1.165, 1.54) is 0 Å². The zero-order chi connectivity index (χ0) is 23.6. The van der Waals surface area contributed by atoms with Gasteiger partial charge < -0.3 is 15.0 Å². The number of nitrogens with one attached hydrogen (secondary N) is 1. The second-order valence-electron chi connectivity index (χ2n) is 8.16. The topological polar surface area (TPSA) is 75.7 Å². The van der Waals surface area contributed by atoms with Crippen molar-refractivity contribution in [1.29, 1.82) is 0 Å². The average Bonchev–Trinajstić information content (AvgIpc) is 2.81. The van der Waals surface area contributed by atoms with Crippen molar-refractivity contribution in [2.24, 2.45) is 5.92 Å². The van der Waals surface area contributed by atoms with Crippen LogP contribution in [0.5, 0.6) is 0 Å². The molecule has 2 atom stereocenters. The van der Waals surface area contributed by atoms with Crippen molar-refractivity contribution < 1.29 is 19.1 Å². The van der Waals surface area contributed by atoms with Gasteiger partial charge in [-0.05, 0) is 36.1 Å².